The molecule has 0 aliphatic carbocycles. The summed E-state index contributed by atoms with van der Waals surface area (Å²) in [5.74, 6) is -4.08. The van der Waals surface area contributed by atoms with Crippen LogP contribution in [0.25, 0.3) is 0 Å². The minimum absolute atomic E-state index is 0.0547. The molecule has 9 heteroatoms. The van der Waals surface area contributed by atoms with Gasteiger partial charge in [0, 0.05) is 12.4 Å². The average molecular weight is 370 g/mol. The summed E-state index contributed by atoms with van der Waals surface area (Å²) in [7, 11) is -4.94. The van der Waals surface area contributed by atoms with E-state index in [9.17, 15) is 28.2 Å². The van der Waals surface area contributed by atoms with E-state index < -0.39 is 33.7 Å². The first-order valence-corrected chi connectivity index (χ1v) is 9.94. The number of carboxylic acids is 2. The Balaban J connectivity index is 0. The quantitative estimate of drug-likeness (QED) is 0.309. The third-order valence-corrected chi connectivity index (χ3v) is 5.47. The van der Waals surface area contributed by atoms with Crippen LogP contribution >= 0.6 is 0 Å². The van der Waals surface area contributed by atoms with Crippen molar-refractivity contribution in [2.75, 3.05) is 0 Å². The molecule has 0 rings (SSSR count). The van der Waals surface area contributed by atoms with Crippen molar-refractivity contribution in [3.63, 3.8) is 0 Å². The molecule has 7 nitrogen and oxygen atoms in total. The van der Waals surface area contributed by atoms with Gasteiger partial charge in [0.1, 0.15) is 5.25 Å². The summed E-state index contributed by atoms with van der Waals surface area (Å²) in [5, 5.41) is 17.3. The summed E-state index contributed by atoms with van der Waals surface area (Å²) in [6.45, 7) is 7.28. The second kappa shape index (κ2) is 11.1. The van der Waals surface area contributed by atoms with Gasteiger partial charge in [-0.1, -0.05) is 0 Å². The maximum atomic E-state index is 10.2. The maximum Gasteiger partial charge on any atom is 0.273 e. The number of carbonyl (C=O) groups excluding carboxylic acids is 2. The first-order chi connectivity index (χ1) is 8.66. The molecule has 0 fully saturated rings. The molecule has 0 saturated carbocycles. The van der Waals surface area contributed by atoms with Crippen LogP contribution in [0.1, 0.15) is 6.42 Å². The molecule has 0 heterocycles. The van der Waals surface area contributed by atoms with Crippen molar-refractivity contribution in [2.45, 2.75) is 19.9 Å². The summed E-state index contributed by atoms with van der Waals surface area (Å²) >= 11 is -0.0547. The smallest absolute Gasteiger partial charge is 0.273 e. The van der Waals surface area contributed by atoms with Gasteiger partial charge in [-0.15, -0.1) is 0 Å². The van der Waals surface area contributed by atoms with Crippen LogP contribution in [-0.4, -0.2) is 30.2 Å². The summed E-state index contributed by atoms with van der Waals surface area (Å²) in [6.07, 6.45) is 2.69. The molecule has 0 spiro atoms. The first-order valence-electron chi connectivity index (χ1n) is 4.96. The topological polar surface area (TPSA) is 135 Å². The molecule has 1 unspecified atom stereocenters. The minimum Gasteiger partial charge on any atom is -0.550 e. The molecular formula is C10H14O7SZr. The van der Waals surface area contributed by atoms with Crippen LogP contribution < -0.4 is 10.2 Å². The first kappa shape index (κ1) is 20.5. The normalized spacial score (nSPS) is 11.2. The van der Waals surface area contributed by atoms with E-state index in [0.717, 1.165) is 0 Å². The fraction of sp³-hybridized carbons (Fsp3) is 0.400. The van der Waals surface area contributed by atoms with Crippen LogP contribution in [0.2, 0.25) is 8.26 Å². The SMILES string of the molecule is C=C[CH2][Zr+2][CH2]C=C.O=C([O-])CC(C(=O)[O-])S(=O)(=O)O. The molecule has 0 aromatic rings. The van der Waals surface area contributed by atoms with Gasteiger partial charge in [-0.3, -0.25) is 4.55 Å². The Kier molecular flexibility index (Phi) is 12.0. The zero-order valence-electron chi connectivity index (χ0n) is 10.1. The molecule has 0 aromatic carbocycles. The Labute approximate surface area is 123 Å². The number of carbonyl (C=O) groups is 2. The van der Waals surface area contributed by atoms with Crippen LogP contribution in [0.15, 0.2) is 25.3 Å². The van der Waals surface area contributed by atoms with Gasteiger partial charge in [0.15, 0.2) is 0 Å². The zero-order valence-corrected chi connectivity index (χ0v) is 13.3. The Morgan fingerprint density at radius 1 is 1.21 bits per heavy atom. The van der Waals surface area contributed by atoms with Gasteiger partial charge in [0.2, 0.25) is 0 Å². The van der Waals surface area contributed by atoms with E-state index in [1.807, 2.05) is 12.2 Å². The Morgan fingerprint density at radius 2 is 1.63 bits per heavy atom. The van der Waals surface area contributed by atoms with E-state index in [2.05, 4.69) is 13.2 Å². The Morgan fingerprint density at radius 3 is 1.79 bits per heavy atom. The van der Waals surface area contributed by atoms with Crippen LogP contribution in [0.5, 0.6) is 0 Å². The van der Waals surface area contributed by atoms with E-state index >= 15 is 0 Å². The monoisotopic (exact) mass is 368 g/mol. The van der Waals surface area contributed by atoms with Gasteiger partial charge in [0.25, 0.3) is 10.1 Å². The number of allylic oxidation sites excluding steroid dienone is 2. The van der Waals surface area contributed by atoms with Gasteiger partial charge >= 0.3 is 56.8 Å². The second-order valence-corrected chi connectivity index (χ2v) is 7.97. The average Bonchev–Trinajstić information content (AvgIpc) is 2.25. The summed E-state index contributed by atoms with van der Waals surface area (Å²) in [6, 6.07) is 0. The molecule has 0 aliphatic heterocycles. The van der Waals surface area contributed by atoms with E-state index in [4.69, 9.17) is 4.55 Å². The van der Waals surface area contributed by atoms with E-state index in [1.165, 1.54) is 8.26 Å². The number of hydrogen-bond acceptors (Lipinski definition) is 6. The molecule has 0 radical (unpaired) electrons. The standard InChI is InChI=1S/C4H6O7S.2C3H5.Zr/c5-3(6)1-2(4(7)8)12(9,10)11;2*1-3-2;/h2H,1H2,(H,5,6)(H,7,8)(H,9,10,11);2*3H,1-2H2;/q;;;+2/p-2. The van der Waals surface area contributed by atoms with Crippen molar-refractivity contribution in [1.82, 2.24) is 0 Å². The van der Waals surface area contributed by atoms with Crippen LogP contribution in [0.4, 0.5) is 0 Å². The number of carboxylic acid groups (broad SMARTS) is 2. The van der Waals surface area contributed by atoms with Crippen molar-refractivity contribution in [3.8, 4) is 0 Å². The minimum atomic E-state index is -4.94. The van der Waals surface area contributed by atoms with E-state index in [0.29, 0.717) is 0 Å². The summed E-state index contributed by atoms with van der Waals surface area (Å²) in [5.41, 5.74) is 0. The molecule has 0 amide bonds. The van der Waals surface area contributed by atoms with Gasteiger partial charge in [-0.25, -0.2) is 0 Å². The van der Waals surface area contributed by atoms with Crippen molar-refractivity contribution >= 4 is 22.1 Å². The molecule has 19 heavy (non-hydrogen) atoms. The molecule has 0 bridgehead atoms. The van der Waals surface area contributed by atoms with Gasteiger partial charge in [-0.05, 0) is 0 Å². The number of aliphatic carboxylic acids is 2. The summed E-state index contributed by atoms with van der Waals surface area (Å²) < 4.78 is 31.0. The molecule has 0 aromatic heterocycles. The number of rotatable bonds is 8. The van der Waals surface area contributed by atoms with E-state index in [1.54, 1.807) is 0 Å². The van der Waals surface area contributed by atoms with Gasteiger partial charge < -0.3 is 19.8 Å². The van der Waals surface area contributed by atoms with Crippen LogP contribution in [0.3, 0.4) is 0 Å². The molecule has 0 saturated heterocycles. The molecule has 106 valence electrons. The maximum absolute atomic E-state index is 10.2. The molecule has 1 N–H and O–H groups in total. The molecule has 0 aliphatic rings. The third-order valence-electron chi connectivity index (χ3n) is 1.55. The predicted molar refractivity (Wildman–Crippen MR) is 60.0 cm³/mol. The van der Waals surface area contributed by atoms with Gasteiger partial charge in [0.05, 0.1) is 5.97 Å². The fourth-order valence-electron chi connectivity index (χ4n) is 0.749. The van der Waals surface area contributed by atoms with Crippen LogP contribution in [0, 0.1) is 0 Å². The van der Waals surface area contributed by atoms with Crippen molar-refractivity contribution < 1.29 is 56.0 Å². The van der Waals surface area contributed by atoms with Gasteiger partial charge in [-0.2, -0.15) is 8.42 Å². The second-order valence-electron chi connectivity index (χ2n) is 3.13. The van der Waals surface area contributed by atoms with Crippen molar-refractivity contribution in [2.24, 2.45) is 0 Å². The molecule has 1 atom stereocenters. The Hall–Kier alpha value is -0.787. The third kappa shape index (κ3) is 13.4. The zero-order chi connectivity index (χ0) is 15.5. The van der Waals surface area contributed by atoms with E-state index in [-0.39, 0.29) is 23.2 Å². The van der Waals surface area contributed by atoms with Crippen molar-refractivity contribution in [3.05, 3.63) is 25.3 Å². The van der Waals surface area contributed by atoms with Crippen LogP contribution in [-0.2, 0) is 42.9 Å². The largest absolute Gasteiger partial charge is 0.550 e. The Bertz CT molecular complexity index is 408. The summed E-state index contributed by atoms with van der Waals surface area (Å²) in [4.78, 5) is 19.7. The number of hydrogen-bond donors (Lipinski definition) is 1. The van der Waals surface area contributed by atoms with Crippen molar-refractivity contribution in [1.29, 1.82) is 0 Å². The fourth-order valence-corrected chi connectivity index (χ4v) is 2.75. The molecular weight excluding hydrogens is 355 g/mol. The predicted octanol–water partition coefficient (Wildman–Crippen LogP) is -1.59.